The van der Waals surface area contributed by atoms with Crippen molar-refractivity contribution in [3.63, 3.8) is 0 Å². The number of hydrogen-bond acceptors (Lipinski definition) is 5. The Morgan fingerprint density at radius 3 is 2.72 bits per heavy atom. The molecular weight excluding hydrogens is 374 g/mol. The second-order valence-corrected chi connectivity index (χ2v) is 6.83. The number of benzene rings is 2. The molecule has 29 heavy (non-hydrogen) atoms. The summed E-state index contributed by atoms with van der Waals surface area (Å²) in [6.07, 6.45) is 1.44. The van der Waals surface area contributed by atoms with Crippen molar-refractivity contribution in [3.05, 3.63) is 91.8 Å². The fourth-order valence-electron chi connectivity index (χ4n) is 3.44. The molecule has 0 unspecified atom stereocenters. The Bertz CT molecular complexity index is 1170. The van der Waals surface area contributed by atoms with Crippen molar-refractivity contribution in [2.24, 2.45) is 0 Å². The maximum absolute atomic E-state index is 12.5. The van der Waals surface area contributed by atoms with Gasteiger partial charge < -0.3 is 15.2 Å². The standard InChI is InChI=1S/C21H19N3O5/c25-18-17(23-21(28)24-20(18)27)19(26)22-16-9-7-13-6-8-14(10-15(13)16)29-11-12-4-2-1-3-5-12/h1-6,8,10,16,25H,7,9,11H2,(H,22,26)(H2,23,24,27,28)/t16-/m0/s1. The lowest BCUT2D eigenvalue weighted by molar-refractivity contribution is 0.0927. The number of ether oxygens (including phenoxy) is 1. The van der Waals surface area contributed by atoms with Crippen LogP contribution in [0.5, 0.6) is 11.5 Å². The van der Waals surface area contributed by atoms with Crippen LogP contribution in [0.1, 0.15) is 39.6 Å². The van der Waals surface area contributed by atoms with Gasteiger partial charge in [-0.15, -0.1) is 0 Å². The number of rotatable bonds is 5. The van der Waals surface area contributed by atoms with Gasteiger partial charge in [-0.25, -0.2) is 4.79 Å². The maximum Gasteiger partial charge on any atom is 0.326 e. The van der Waals surface area contributed by atoms with Crippen molar-refractivity contribution in [2.75, 3.05) is 0 Å². The summed E-state index contributed by atoms with van der Waals surface area (Å²) in [6.45, 7) is 0.429. The van der Waals surface area contributed by atoms with Crippen LogP contribution >= 0.6 is 0 Å². The van der Waals surface area contributed by atoms with E-state index in [2.05, 4.69) is 10.3 Å². The predicted molar refractivity (Wildman–Crippen MR) is 105 cm³/mol. The van der Waals surface area contributed by atoms with Crippen molar-refractivity contribution in [1.29, 1.82) is 0 Å². The van der Waals surface area contributed by atoms with Gasteiger partial charge >= 0.3 is 5.69 Å². The van der Waals surface area contributed by atoms with Gasteiger partial charge in [0, 0.05) is 0 Å². The van der Waals surface area contributed by atoms with Crippen molar-refractivity contribution in [2.45, 2.75) is 25.5 Å². The van der Waals surface area contributed by atoms with E-state index >= 15 is 0 Å². The summed E-state index contributed by atoms with van der Waals surface area (Å²) in [4.78, 5) is 39.5. The molecule has 1 amide bonds. The van der Waals surface area contributed by atoms with E-state index in [0.29, 0.717) is 18.8 Å². The zero-order valence-electron chi connectivity index (χ0n) is 15.4. The number of aromatic hydroxyl groups is 1. The number of aryl methyl sites for hydroxylation is 1. The molecule has 1 aliphatic carbocycles. The summed E-state index contributed by atoms with van der Waals surface area (Å²) >= 11 is 0. The van der Waals surface area contributed by atoms with Gasteiger partial charge in [0.2, 0.25) is 5.75 Å². The summed E-state index contributed by atoms with van der Waals surface area (Å²) in [5.41, 5.74) is 0.723. The van der Waals surface area contributed by atoms with Crippen LogP contribution in [0.3, 0.4) is 0 Å². The van der Waals surface area contributed by atoms with Crippen molar-refractivity contribution < 1.29 is 14.6 Å². The van der Waals surface area contributed by atoms with Gasteiger partial charge in [0.15, 0.2) is 5.69 Å². The number of H-pyrrole nitrogens is 2. The summed E-state index contributed by atoms with van der Waals surface area (Å²) in [5.74, 6) is -0.861. The average molecular weight is 393 g/mol. The quantitative estimate of drug-likeness (QED) is 0.526. The minimum absolute atomic E-state index is 0.319. The van der Waals surface area contributed by atoms with E-state index in [1.165, 1.54) is 0 Å². The third-order valence-corrected chi connectivity index (χ3v) is 4.89. The molecule has 4 rings (SSSR count). The van der Waals surface area contributed by atoms with Crippen LogP contribution < -0.4 is 21.3 Å². The highest BCUT2D eigenvalue weighted by Crippen LogP contribution is 2.34. The highest BCUT2D eigenvalue weighted by molar-refractivity contribution is 5.94. The zero-order valence-corrected chi connectivity index (χ0v) is 15.4. The first-order valence-corrected chi connectivity index (χ1v) is 9.17. The first-order valence-electron chi connectivity index (χ1n) is 9.17. The first kappa shape index (κ1) is 18.5. The lowest BCUT2D eigenvalue weighted by atomic mass is 10.1. The third-order valence-electron chi connectivity index (χ3n) is 4.89. The van der Waals surface area contributed by atoms with E-state index in [-0.39, 0.29) is 6.04 Å². The molecule has 1 aromatic heterocycles. The molecule has 0 spiro atoms. The van der Waals surface area contributed by atoms with E-state index in [1.54, 1.807) is 0 Å². The van der Waals surface area contributed by atoms with Crippen LogP contribution in [0.25, 0.3) is 0 Å². The van der Waals surface area contributed by atoms with Crippen molar-refractivity contribution in [3.8, 4) is 11.5 Å². The Morgan fingerprint density at radius 1 is 1.14 bits per heavy atom. The molecule has 3 aromatic rings. The Morgan fingerprint density at radius 2 is 1.93 bits per heavy atom. The molecule has 0 bridgehead atoms. The summed E-state index contributed by atoms with van der Waals surface area (Å²) in [7, 11) is 0. The van der Waals surface area contributed by atoms with Gasteiger partial charge in [-0.2, -0.15) is 0 Å². The second kappa shape index (κ2) is 7.67. The molecule has 0 saturated carbocycles. The normalized spacial score (nSPS) is 15.0. The van der Waals surface area contributed by atoms with Gasteiger partial charge in [-0.1, -0.05) is 36.4 Å². The Labute approximate surface area is 165 Å². The molecule has 0 radical (unpaired) electrons. The van der Waals surface area contributed by atoms with Crippen LogP contribution in [-0.2, 0) is 13.0 Å². The van der Waals surface area contributed by atoms with E-state index < -0.39 is 28.6 Å². The van der Waals surface area contributed by atoms with Gasteiger partial charge in [0.1, 0.15) is 12.4 Å². The van der Waals surface area contributed by atoms with E-state index in [4.69, 9.17) is 4.74 Å². The molecule has 2 aromatic carbocycles. The Balaban J connectivity index is 1.51. The molecule has 1 atom stereocenters. The van der Waals surface area contributed by atoms with Gasteiger partial charge in [0.25, 0.3) is 11.5 Å². The Hall–Kier alpha value is -3.81. The van der Waals surface area contributed by atoms with Gasteiger partial charge in [-0.05, 0) is 41.7 Å². The summed E-state index contributed by atoms with van der Waals surface area (Å²) in [5, 5.41) is 12.6. The highest BCUT2D eigenvalue weighted by Gasteiger charge is 2.26. The molecule has 0 fully saturated rings. The largest absolute Gasteiger partial charge is 0.501 e. The molecule has 1 aliphatic rings. The lowest BCUT2D eigenvalue weighted by Gasteiger charge is -2.15. The van der Waals surface area contributed by atoms with Crippen LogP contribution in [0.4, 0.5) is 0 Å². The minimum atomic E-state index is -1.01. The molecule has 4 N–H and O–H groups in total. The van der Waals surface area contributed by atoms with Crippen molar-refractivity contribution in [1.82, 2.24) is 15.3 Å². The number of carbonyl (C=O) groups is 1. The fourth-order valence-corrected chi connectivity index (χ4v) is 3.44. The number of hydrogen-bond donors (Lipinski definition) is 4. The molecule has 0 aliphatic heterocycles. The second-order valence-electron chi connectivity index (χ2n) is 6.83. The maximum atomic E-state index is 12.5. The molecule has 8 nitrogen and oxygen atoms in total. The highest BCUT2D eigenvalue weighted by atomic mass is 16.5. The monoisotopic (exact) mass is 393 g/mol. The van der Waals surface area contributed by atoms with Gasteiger partial charge in [0.05, 0.1) is 6.04 Å². The van der Waals surface area contributed by atoms with E-state index in [9.17, 15) is 19.5 Å². The Kier molecular flexibility index (Phi) is 4.90. The number of aromatic nitrogens is 2. The summed E-state index contributed by atoms with van der Waals surface area (Å²) < 4.78 is 5.86. The van der Waals surface area contributed by atoms with E-state index in [1.807, 2.05) is 53.5 Å². The predicted octanol–water partition coefficient (Wildman–Crippen LogP) is 1.77. The summed E-state index contributed by atoms with van der Waals surface area (Å²) in [6, 6.07) is 15.2. The topological polar surface area (TPSA) is 124 Å². The number of fused-ring (bicyclic) bond motifs is 1. The minimum Gasteiger partial charge on any atom is -0.501 e. The van der Waals surface area contributed by atoms with Crippen LogP contribution in [0.2, 0.25) is 0 Å². The van der Waals surface area contributed by atoms with Crippen LogP contribution in [0.15, 0.2) is 58.1 Å². The zero-order chi connectivity index (χ0) is 20.4. The fraction of sp³-hybridized carbons (Fsp3) is 0.190. The smallest absolute Gasteiger partial charge is 0.326 e. The SMILES string of the molecule is O=C(N[C@H]1CCc2ccc(OCc3ccccc3)cc21)c1[nH]c(=O)[nH]c(=O)c1O. The third kappa shape index (κ3) is 3.91. The van der Waals surface area contributed by atoms with Crippen LogP contribution in [-0.4, -0.2) is 21.0 Å². The molecule has 8 heteroatoms. The van der Waals surface area contributed by atoms with Crippen molar-refractivity contribution >= 4 is 5.91 Å². The molecular formula is C21H19N3O5. The molecule has 148 valence electrons. The van der Waals surface area contributed by atoms with Gasteiger partial charge in [-0.3, -0.25) is 19.6 Å². The number of carbonyl (C=O) groups excluding carboxylic acids is 1. The lowest BCUT2D eigenvalue weighted by Crippen LogP contribution is -2.33. The number of nitrogens with one attached hydrogen (secondary N) is 3. The first-order chi connectivity index (χ1) is 14.0. The average Bonchev–Trinajstić information content (AvgIpc) is 3.12. The molecule has 0 saturated heterocycles. The number of aromatic amines is 2. The number of amides is 1. The van der Waals surface area contributed by atoms with Crippen LogP contribution in [0, 0.1) is 0 Å². The van der Waals surface area contributed by atoms with E-state index in [0.717, 1.165) is 23.1 Å². The molecule has 1 heterocycles.